The lowest BCUT2D eigenvalue weighted by atomic mass is 10.2. The zero-order valence-corrected chi connectivity index (χ0v) is 13.0. The van der Waals surface area contributed by atoms with Gasteiger partial charge in [0.15, 0.2) is 12.3 Å². The zero-order chi connectivity index (χ0) is 17.1. The van der Waals surface area contributed by atoms with Crippen LogP contribution in [0, 0.1) is 5.82 Å². The van der Waals surface area contributed by atoms with E-state index >= 15 is 0 Å². The number of likely N-dealkylation sites (N-methyl/N-ethyl adjacent to an activating group) is 1. The monoisotopic (exact) mass is 336 g/mol. The quantitative estimate of drug-likeness (QED) is 0.884. The Kier molecular flexibility index (Phi) is 4.77. The number of hydrogen-bond acceptors (Lipinski definition) is 6. The van der Waals surface area contributed by atoms with Gasteiger partial charge in [-0.25, -0.2) is 9.37 Å². The molecular weight excluding hydrogens is 319 g/mol. The van der Waals surface area contributed by atoms with Crippen molar-refractivity contribution in [2.45, 2.75) is 18.8 Å². The van der Waals surface area contributed by atoms with Gasteiger partial charge in [-0.05, 0) is 12.1 Å². The van der Waals surface area contributed by atoms with Crippen LogP contribution >= 0.6 is 0 Å². The first-order valence-electron chi connectivity index (χ1n) is 7.40. The molecule has 0 aliphatic carbocycles. The van der Waals surface area contributed by atoms with E-state index in [1.807, 2.05) is 0 Å². The van der Waals surface area contributed by atoms with E-state index in [1.165, 1.54) is 29.4 Å². The van der Waals surface area contributed by atoms with Crippen molar-refractivity contribution in [1.29, 1.82) is 0 Å². The molecular formula is C16H17FN2O5. The molecule has 2 atom stereocenters. The molecule has 0 spiro atoms. The fourth-order valence-electron chi connectivity index (χ4n) is 2.41. The molecule has 1 aliphatic heterocycles. The standard InChI is InChI=1S/C16H17FN2O5/c1-19(13-7-22-8-14(13)20)16(21)12-6-24-15(18-12)9-23-11-4-2-3-10(17)5-11/h2-6,13-14,20H,7-9H2,1H3/t13-,14-/m1/s1. The summed E-state index contributed by atoms with van der Waals surface area (Å²) in [6, 6.07) is 5.27. The maximum Gasteiger partial charge on any atom is 0.275 e. The highest BCUT2D eigenvalue weighted by Gasteiger charge is 2.33. The lowest BCUT2D eigenvalue weighted by Crippen LogP contribution is -2.44. The van der Waals surface area contributed by atoms with Crippen molar-refractivity contribution in [2.75, 3.05) is 20.3 Å². The van der Waals surface area contributed by atoms with Gasteiger partial charge >= 0.3 is 0 Å². The Morgan fingerprint density at radius 2 is 2.33 bits per heavy atom. The van der Waals surface area contributed by atoms with Gasteiger partial charge in [-0.3, -0.25) is 4.79 Å². The van der Waals surface area contributed by atoms with Crippen molar-refractivity contribution < 1.29 is 28.2 Å². The molecule has 0 bridgehead atoms. The summed E-state index contributed by atoms with van der Waals surface area (Å²) in [5, 5.41) is 9.78. The highest BCUT2D eigenvalue weighted by Crippen LogP contribution is 2.17. The molecule has 7 nitrogen and oxygen atoms in total. The number of nitrogens with zero attached hydrogens (tertiary/aromatic N) is 2. The van der Waals surface area contributed by atoms with Gasteiger partial charge in [0, 0.05) is 13.1 Å². The molecule has 0 radical (unpaired) electrons. The Morgan fingerprint density at radius 1 is 1.50 bits per heavy atom. The van der Waals surface area contributed by atoms with Crippen LogP contribution in [-0.4, -0.2) is 53.3 Å². The van der Waals surface area contributed by atoms with Crippen molar-refractivity contribution >= 4 is 5.91 Å². The predicted molar refractivity (Wildman–Crippen MR) is 79.9 cm³/mol. The maximum absolute atomic E-state index is 13.1. The lowest BCUT2D eigenvalue weighted by Gasteiger charge is -2.24. The van der Waals surface area contributed by atoms with Crippen molar-refractivity contribution in [3.8, 4) is 5.75 Å². The number of aromatic nitrogens is 1. The van der Waals surface area contributed by atoms with E-state index < -0.39 is 18.0 Å². The van der Waals surface area contributed by atoms with Gasteiger partial charge in [-0.1, -0.05) is 6.07 Å². The number of carbonyl (C=O) groups is 1. The number of ether oxygens (including phenoxy) is 2. The summed E-state index contributed by atoms with van der Waals surface area (Å²) in [5.74, 6) is -0.260. The molecule has 1 aromatic heterocycles. The van der Waals surface area contributed by atoms with Crippen molar-refractivity contribution in [3.05, 3.63) is 47.9 Å². The van der Waals surface area contributed by atoms with Crippen LogP contribution in [0.5, 0.6) is 5.75 Å². The Bertz CT molecular complexity index is 720. The molecule has 0 saturated carbocycles. The smallest absolute Gasteiger partial charge is 0.275 e. The number of carbonyl (C=O) groups excluding carboxylic acids is 1. The van der Waals surface area contributed by atoms with E-state index in [4.69, 9.17) is 13.9 Å². The van der Waals surface area contributed by atoms with Crippen LogP contribution in [0.4, 0.5) is 4.39 Å². The predicted octanol–water partition coefficient (Wildman–Crippen LogP) is 1.22. The number of aliphatic hydroxyl groups is 1. The van der Waals surface area contributed by atoms with Crippen LogP contribution in [-0.2, 0) is 11.3 Å². The second-order valence-electron chi connectivity index (χ2n) is 5.46. The molecule has 1 amide bonds. The summed E-state index contributed by atoms with van der Waals surface area (Å²) in [6.45, 7) is 0.445. The molecule has 1 fully saturated rings. The Labute approximate surface area is 137 Å². The van der Waals surface area contributed by atoms with Gasteiger partial charge in [-0.15, -0.1) is 0 Å². The second kappa shape index (κ2) is 6.98. The van der Waals surface area contributed by atoms with Crippen molar-refractivity contribution in [3.63, 3.8) is 0 Å². The van der Waals surface area contributed by atoms with E-state index in [-0.39, 0.29) is 37.3 Å². The van der Waals surface area contributed by atoms with Crippen LogP contribution in [0.1, 0.15) is 16.4 Å². The first kappa shape index (κ1) is 16.4. The molecule has 1 aliphatic rings. The first-order valence-corrected chi connectivity index (χ1v) is 7.40. The van der Waals surface area contributed by atoms with Crippen LogP contribution in [0.3, 0.4) is 0 Å². The minimum atomic E-state index is -0.721. The van der Waals surface area contributed by atoms with Gasteiger partial charge in [0.2, 0.25) is 5.89 Å². The number of rotatable bonds is 5. The van der Waals surface area contributed by atoms with Gasteiger partial charge in [0.05, 0.1) is 25.4 Å². The van der Waals surface area contributed by atoms with Crippen molar-refractivity contribution in [1.82, 2.24) is 9.88 Å². The minimum Gasteiger partial charge on any atom is -0.484 e. The summed E-state index contributed by atoms with van der Waals surface area (Å²) in [6.07, 6.45) is 0.507. The van der Waals surface area contributed by atoms with Gasteiger partial charge in [-0.2, -0.15) is 0 Å². The Balaban J connectivity index is 1.61. The average molecular weight is 336 g/mol. The van der Waals surface area contributed by atoms with E-state index in [0.717, 1.165) is 0 Å². The molecule has 2 aromatic rings. The third-order valence-electron chi connectivity index (χ3n) is 3.77. The fourth-order valence-corrected chi connectivity index (χ4v) is 2.41. The molecule has 3 rings (SSSR count). The minimum absolute atomic E-state index is 0.0321. The number of oxazole rings is 1. The van der Waals surface area contributed by atoms with Crippen molar-refractivity contribution in [2.24, 2.45) is 0 Å². The number of aliphatic hydroxyl groups excluding tert-OH is 1. The van der Waals surface area contributed by atoms with Crippen LogP contribution in [0.2, 0.25) is 0 Å². The van der Waals surface area contributed by atoms with Gasteiger partial charge in [0.1, 0.15) is 17.8 Å². The zero-order valence-electron chi connectivity index (χ0n) is 13.0. The Hall–Kier alpha value is -2.45. The molecule has 1 aromatic carbocycles. The molecule has 128 valence electrons. The van der Waals surface area contributed by atoms with Crippen LogP contribution < -0.4 is 4.74 Å². The van der Waals surface area contributed by atoms with Crippen LogP contribution in [0.15, 0.2) is 34.9 Å². The average Bonchev–Trinajstić information content (AvgIpc) is 3.20. The third-order valence-corrected chi connectivity index (χ3v) is 3.77. The third kappa shape index (κ3) is 3.55. The normalized spacial score (nSPS) is 20.1. The van der Waals surface area contributed by atoms with Gasteiger partial charge < -0.3 is 23.9 Å². The summed E-state index contributed by atoms with van der Waals surface area (Å²) < 4.78 is 28.8. The van der Waals surface area contributed by atoms with Gasteiger partial charge in [0.25, 0.3) is 5.91 Å². The van der Waals surface area contributed by atoms with E-state index in [1.54, 1.807) is 13.1 Å². The van der Waals surface area contributed by atoms with Crippen LogP contribution in [0.25, 0.3) is 0 Å². The second-order valence-corrected chi connectivity index (χ2v) is 5.46. The maximum atomic E-state index is 13.1. The summed E-state index contributed by atoms with van der Waals surface area (Å²) in [7, 11) is 1.57. The molecule has 8 heteroatoms. The molecule has 2 heterocycles. The number of amides is 1. The first-order chi connectivity index (χ1) is 11.5. The molecule has 1 saturated heterocycles. The number of halogens is 1. The van der Waals surface area contributed by atoms with E-state index in [9.17, 15) is 14.3 Å². The Morgan fingerprint density at radius 3 is 3.04 bits per heavy atom. The number of benzene rings is 1. The summed E-state index contributed by atoms with van der Waals surface area (Å²) >= 11 is 0. The lowest BCUT2D eigenvalue weighted by molar-refractivity contribution is 0.0575. The highest BCUT2D eigenvalue weighted by atomic mass is 19.1. The molecule has 0 unspecified atom stereocenters. The fraction of sp³-hybridized carbons (Fsp3) is 0.375. The summed E-state index contributed by atoms with van der Waals surface area (Å²) in [5.41, 5.74) is 0.106. The summed E-state index contributed by atoms with van der Waals surface area (Å²) in [4.78, 5) is 17.8. The topological polar surface area (TPSA) is 85.0 Å². The van der Waals surface area contributed by atoms with E-state index in [2.05, 4.69) is 4.98 Å². The molecule has 24 heavy (non-hydrogen) atoms. The van der Waals surface area contributed by atoms with E-state index in [0.29, 0.717) is 5.75 Å². The largest absolute Gasteiger partial charge is 0.484 e. The SMILES string of the molecule is CN(C(=O)c1coc(COc2cccc(F)c2)n1)[C@@H]1COC[C@H]1O. The highest BCUT2D eigenvalue weighted by molar-refractivity contribution is 5.92. The molecule has 1 N–H and O–H groups in total. The number of hydrogen-bond donors (Lipinski definition) is 1.